The summed E-state index contributed by atoms with van der Waals surface area (Å²) in [5.41, 5.74) is 0.838. The first-order valence-corrected chi connectivity index (χ1v) is 10.9. The van der Waals surface area contributed by atoms with Gasteiger partial charge in [0.1, 0.15) is 6.33 Å². The predicted octanol–water partition coefficient (Wildman–Crippen LogP) is 4.11. The number of anilines is 2. The van der Waals surface area contributed by atoms with Crippen molar-refractivity contribution in [2.45, 2.75) is 56.7 Å². The van der Waals surface area contributed by atoms with Crippen molar-refractivity contribution in [1.29, 1.82) is 0 Å². The summed E-state index contributed by atoms with van der Waals surface area (Å²) in [5.74, 6) is 2.60. The number of hydrogen-bond acceptors (Lipinski definition) is 6. The van der Waals surface area contributed by atoms with Crippen LogP contribution in [0.2, 0.25) is 0 Å². The largest absolute Gasteiger partial charge is 0.419 e. The number of nitrogens with one attached hydrogen (secondary N) is 1. The van der Waals surface area contributed by atoms with Gasteiger partial charge in [0, 0.05) is 31.3 Å². The zero-order chi connectivity index (χ0) is 22.2. The normalized spacial score (nSPS) is 26.9. The highest BCUT2D eigenvalue weighted by atomic mass is 19.4. The van der Waals surface area contributed by atoms with Gasteiger partial charge in [0.2, 0.25) is 5.95 Å². The first kappa shape index (κ1) is 19.7. The molecular formula is C21H23F3N8. The maximum absolute atomic E-state index is 13.3. The van der Waals surface area contributed by atoms with Crippen LogP contribution in [-0.2, 0) is 13.2 Å². The van der Waals surface area contributed by atoms with Crippen molar-refractivity contribution < 1.29 is 13.2 Å². The zero-order valence-corrected chi connectivity index (χ0v) is 17.7. The third-order valence-corrected chi connectivity index (χ3v) is 6.96. The van der Waals surface area contributed by atoms with E-state index in [4.69, 9.17) is 0 Å². The quantitative estimate of drug-likeness (QED) is 0.637. The van der Waals surface area contributed by atoms with Crippen molar-refractivity contribution in [1.82, 2.24) is 34.5 Å². The molecule has 1 N–H and O–H groups in total. The third-order valence-electron chi connectivity index (χ3n) is 6.96. The smallest absolute Gasteiger partial charge is 0.321 e. The van der Waals surface area contributed by atoms with Gasteiger partial charge in [0.15, 0.2) is 5.82 Å². The number of alkyl halides is 3. The summed E-state index contributed by atoms with van der Waals surface area (Å²) in [6, 6.07) is 0.301. The van der Waals surface area contributed by atoms with Crippen LogP contribution in [0.4, 0.5) is 24.8 Å². The summed E-state index contributed by atoms with van der Waals surface area (Å²) >= 11 is 0. The monoisotopic (exact) mass is 444 g/mol. The summed E-state index contributed by atoms with van der Waals surface area (Å²) < 4.78 is 43.6. The Morgan fingerprint density at radius 2 is 1.84 bits per heavy atom. The summed E-state index contributed by atoms with van der Waals surface area (Å²) in [5, 5.41) is 12.2. The van der Waals surface area contributed by atoms with Gasteiger partial charge in [-0.05, 0) is 44.4 Å². The van der Waals surface area contributed by atoms with Gasteiger partial charge in [0.05, 0.1) is 28.7 Å². The van der Waals surface area contributed by atoms with Gasteiger partial charge in [-0.15, -0.1) is 0 Å². The van der Waals surface area contributed by atoms with Crippen molar-refractivity contribution in [3.63, 3.8) is 0 Å². The van der Waals surface area contributed by atoms with E-state index in [1.54, 1.807) is 11.0 Å². The van der Waals surface area contributed by atoms with Gasteiger partial charge in [-0.1, -0.05) is 0 Å². The van der Waals surface area contributed by atoms with E-state index < -0.39 is 11.7 Å². The molecule has 8 nitrogen and oxygen atoms in total. The van der Waals surface area contributed by atoms with Crippen molar-refractivity contribution in [3.8, 4) is 0 Å². The molecule has 0 radical (unpaired) electrons. The number of rotatable bonds is 5. The maximum Gasteiger partial charge on any atom is 0.419 e. The highest BCUT2D eigenvalue weighted by Gasteiger charge is 2.58. The van der Waals surface area contributed by atoms with Gasteiger partial charge in [-0.3, -0.25) is 9.36 Å². The SMILES string of the molecule is Cc1nn([C@H]2C[C@@H]3C(c4ncn(C)n4)[C@@H]3C2)cc1Nc1ncc(C(F)(F)F)c(C2CC2)n1. The van der Waals surface area contributed by atoms with Crippen LogP contribution in [0.25, 0.3) is 0 Å². The highest BCUT2D eigenvalue weighted by molar-refractivity contribution is 5.55. The van der Waals surface area contributed by atoms with Crippen LogP contribution >= 0.6 is 0 Å². The second kappa shape index (κ2) is 6.76. The molecule has 3 aromatic heterocycles. The lowest BCUT2D eigenvalue weighted by atomic mass is 10.1. The Kier molecular flexibility index (Phi) is 4.16. The van der Waals surface area contributed by atoms with Crippen LogP contribution in [-0.4, -0.2) is 34.5 Å². The Morgan fingerprint density at radius 3 is 2.47 bits per heavy atom. The van der Waals surface area contributed by atoms with E-state index in [1.165, 1.54) is 0 Å². The minimum atomic E-state index is -4.44. The van der Waals surface area contributed by atoms with Crippen LogP contribution in [0.5, 0.6) is 0 Å². The molecule has 0 aromatic carbocycles. The van der Waals surface area contributed by atoms with Crippen LogP contribution < -0.4 is 5.32 Å². The molecule has 3 aromatic rings. The van der Waals surface area contributed by atoms with E-state index in [2.05, 4.69) is 30.5 Å². The first-order chi connectivity index (χ1) is 15.3. The molecule has 0 spiro atoms. The minimum absolute atomic E-state index is 0.0881. The van der Waals surface area contributed by atoms with Gasteiger partial charge in [-0.2, -0.15) is 23.4 Å². The number of nitrogens with zero attached hydrogens (tertiary/aromatic N) is 7. The van der Waals surface area contributed by atoms with E-state index in [9.17, 15) is 13.2 Å². The lowest BCUT2D eigenvalue weighted by Crippen LogP contribution is -2.12. The molecule has 0 amide bonds. The second-order valence-corrected chi connectivity index (χ2v) is 9.25. The average Bonchev–Trinajstić information content (AvgIpc) is 3.56. The van der Waals surface area contributed by atoms with E-state index in [0.29, 0.717) is 23.8 Å². The Labute approximate surface area is 182 Å². The molecule has 0 aliphatic heterocycles. The van der Waals surface area contributed by atoms with Crippen LogP contribution in [0.3, 0.4) is 0 Å². The lowest BCUT2D eigenvalue weighted by molar-refractivity contribution is -0.138. The van der Waals surface area contributed by atoms with Crippen LogP contribution in [0.15, 0.2) is 18.7 Å². The molecule has 0 saturated heterocycles. The molecule has 6 rings (SSSR count). The molecule has 4 atom stereocenters. The van der Waals surface area contributed by atoms with E-state index in [1.807, 2.05) is 24.9 Å². The Morgan fingerprint density at radius 1 is 1.09 bits per heavy atom. The molecule has 11 heteroatoms. The van der Waals surface area contributed by atoms with Gasteiger partial charge >= 0.3 is 6.18 Å². The average molecular weight is 444 g/mol. The molecule has 168 valence electrons. The molecule has 0 bridgehead atoms. The molecule has 3 fully saturated rings. The number of halogens is 3. The van der Waals surface area contributed by atoms with E-state index in [0.717, 1.165) is 49.1 Å². The minimum Gasteiger partial charge on any atom is -0.321 e. The number of aromatic nitrogens is 7. The second-order valence-electron chi connectivity index (χ2n) is 9.25. The van der Waals surface area contributed by atoms with Crippen molar-refractivity contribution >= 4 is 11.6 Å². The Hall–Kier alpha value is -2.98. The summed E-state index contributed by atoms with van der Waals surface area (Å²) in [4.78, 5) is 12.5. The zero-order valence-electron chi connectivity index (χ0n) is 17.7. The molecule has 32 heavy (non-hydrogen) atoms. The Balaban J connectivity index is 1.17. The van der Waals surface area contributed by atoms with Crippen molar-refractivity contribution in [3.05, 3.63) is 41.5 Å². The number of aryl methyl sites for hydroxylation is 2. The maximum atomic E-state index is 13.3. The van der Waals surface area contributed by atoms with Crippen LogP contribution in [0, 0.1) is 18.8 Å². The van der Waals surface area contributed by atoms with Gasteiger partial charge < -0.3 is 5.32 Å². The molecular weight excluding hydrogens is 421 g/mol. The fraction of sp³-hybridized carbons (Fsp3) is 0.571. The van der Waals surface area contributed by atoms with Crippen molar-refractivity contribution in [2.75, 3.05) is 5.32 Å². The molecule has 3 aliphatic carbocycles. The molecule has 3 saturated carbocycles. The fourth-order valence-corrected chi connectivity index (χ4v) is 5.17. The summed E-state index contributed by atoms with van der Waals surface area (Å²) in [7, 11) is 1.88. The Bertz CT molecular complexity index is 1170. The summed E-state index contributed by atoms with van der Waals surface area (Å²) in [6.45, 7) is 1.88. The topological polar surface area (TPSA) is 86.3 Å². The lowest BCUT2D eigenvalue weighted by Gasteiger charge is -2.14. The summed E-state index contributed by atoms with van der Waals surface area (Å²) in [6.07, 6.45) is 3.62. The van der Waals surface area contributed by atoms with E-state index >= 15 is 0 Å². The van der Waals surface area contributed by atoms with E-state index in [-0.39, 0.29) is 17.6 Å². The highest BCUT2D eigenvalue weighted by Crippen LogP contribution is 2.65. The number of hydrogen-bond donors (Lipinski definition) is 1. The van der Waals surface area contributed by atoms with Crippen LogP contribution in [0.1, 0.15) is 66.3 Å². The standard InChI is InChI=1S/C21H23F3N8/c1-10-16(27-20-25-7-15(21(22,23)24)18(28-20)11-3-4-11)8-32(29-10)12-5-13-14(6-12)17(13)19-26-9-31(2)30-19/h7-9,11-14,17H,3-6H2,1-2H3,(H,25,27,28)/t12-,13-,14+,17?. The molecule has 3 aliphatic rings. The van der Waals surface area contributed by atoms with Gasteiger partial charge in [-0.25, -0.2) is 15.0 Å². The predicted molar refractivity (Wildman–Crippen MR) is 108 cm³/mol. The molecule has 3 heterocycles. The number of fused-ring (bicyclic) bond motifs is 1. The van der Waals surface area contributed by atoms with Crippen molar-refractivity contribution in [2.24, 2.45) is 18.9 Å². The third kappa shape index (κ3) is 3.34. The van der Waals surface area contributed by atoms with Gasteiger partial charge in [0.25, 0.3) is 0 Å². The molecule has 1 unspecified atom stereocenters. The first-order valence-electron chi connectivity index (χ1n) is 10.9. The fourth-order valence-electron chi connectivity index (χ4n) is 5.17.